The maximum Gasteiger partial charge on any atom is 0.472 e. The number of carbonyl (C=O) groups excluding carboxylic acids is 4. The van der Waals surface area contributed by atoms with E-state index in [2.05, 4.69) is 26.6 Å². The fourth-order valence-electron chi connectivity index (χ4n) is 3.11. The zero-order chi connectivity index (χ0) is 28.7. The topological polar surface area (TPSA) is 185 Å². The van der Waals surface area contributed by atoms with Crippen LogP contribution in [0.2, 0.25) is 0 Å². The fraction of sp³-hybridized carbons (Fsp3) is 0.826. The number of carbonyl (C=O) groups is 4. The molecule has 0 aromatic carbocycles. The molecule has 0 amide bonds. The van der Waals surface area contributed by atoms with E-state index in [1.807, 2.05) is 0 Å². The minimum absolute atomic E-state index is 0.0469. The standard InChI is InChI=1S/C23H38BrN2O12P/c1-16(27)33-12-20(38-23(24)30)15-36-39(31,32)35-14-19(37-22(29)7-9-26-11-18-4-5-18)13-34-21(28)6-8-25-10-17-2-3-17/h17-20,25-26H,2-15H2,1H3,(H,31,32)/t19?,20-/m1/s1. The van der Waals surface area contributed by atoms with Gasteiger partial charge >= 0.3 is 30.6 Å². The molecule has 0 aromatic heterocycles. The molecular weight excluding hydrogens is 607 g/mol. The normalized spacial score (nSPS) is 17.9. The van der Waals surface area contributed by atoms with E-state index < -0.39 is 62.6 Å². The van der Waals surface area contributed by atoms with E-state index in [0.717, 1.165) is 20.0 Å². The summed E-state index contributed by atoms with van der Waals surface area (Å²) in [6, 6.07) is 0. The first-order valence-electron chi connectivity index (χ1n) is 12.9. The van der Waals surface area contributed by atoms with E-state index >= 15 is 0 Å². The zero-order valence-electron chi connectivity index (χ0n) is 22.0. The van der Waals surface area contributed by atoms with E-state index in [9.17, 15) is 28.6 Å². The van der Waals surface area contributed by atoms with E-state index in [0.29, 0.717) is 24.9 Å². The number of ether oxygens (including phenoxy) is 4. The van der Waals surface area contributed by atoms with Crippen molar-refractivity contribution in [2.45, 2.75) is 57.7 Å². The summed E-state index contributed by atoms with van der Waals surface area (Å²) in [7, 11) is -4.74. The van der Waals surface area contributed by atoms with Crippen LogP contribution in [0.1, 0.15) is 45.4 Å². The van der Waals surface area contributed by atoms with Crippen molar-refractivity contribution in [3.05, 3.63) is 0 Å². The summed E-state index contributed by atoms with van der Waals surface area (Å²) < 4.78 is 42.2. The van der Waals surface area contributed by atoms with Crippen molar-refractivity contribution in [2.24, 2.45) is 11.8 Å². The highest BCUT2D eigenvalue weighted by molar-refractivity contribution is 9.18. The molecule has 16 heteroatoms. The number of rotatable bonds is 22. The molecule has 0 aromatic rings. The Hall–Kier alpha value is -1.61. The second-order valence-corrected chi connectivity index (χ2v) is 11.5. The SMILES string of the molecule is CC(=O)OC[C@H](COP(=O)(O)OCC(COC(=O)CCNCC1CC1)OC(=O)CCNCC1CC1)OC(=O)Br. The van der Waals surface area contributed by atoms with Gasteiger partial charge in [-0.3, -0.25) is 23.4 Å². The minimum atomic E-state index is -4.74. The maximum absolute atomic E-state index is 12.4. The van der Waals surface area contributed by atoms with E-state index in [1.165, 1.54) is 25.7 Å². The number of halogens is 1. The van der Waals surface area contributed by atoms with Crippen LogP contribution in [0.25, 0.3) is 0 Å². The van der Waals surface area contributed by atoms with Gasteiger partial charge in [0.1, 0.15) is 13.2 Å². The van der Waals surface area contributed by atoms with Gasteiger partial charge in [-0.05, 0) is 50.6 Å². The maximum atomic E-state index is 12.4. The third-order valence-corrected chi connectivity index (χ3v) is 6.72. The Labute approximate surface area is 235 Å². The minimum Gasteiger partial charge on any atom is -0.462 e. The van der Waals surface area contributed by atoms with Crippen molar-refractivity contribution in [1.82, 2.24) is 10.6 Å². The average Bonchev–Trinajstić information content (AvgIpc) is 3.78. The number of phosphoric ester groups is 1. The summed E-state index contributed by atoms with van der Waals surface area (Å²) in [5.74, 6) is -0.479. The Morgan fingerprint density at radius 1 is 0.821 bits per heavy atom. The highest BCUT2D eigenvalue weighted by Crippen LogP contribution is 2.43. The lowest BCUT2D eigenvalue weighted by atomic mass is 10.3. The molecule has 3 atom stereocenters. The van der Waals surface area contributed by atoms with Gasteiger partial charge in [0.25, 0.3) is 0 Å². The first-order valence-corrected chi connectivity index (χ1v) is 15.2. The van der Waals surface area contributed by atoms with Crippen molar-refractivity contribution in [1.29, 1.82) is 0 Å². The van der Waals surface area contributed by atoms with Gasteiger partial charge in [-0.2, -0.15) is 0 Å². The molecule has 0 spiro atoms. The monoisotopic (exact) mass is 644 g/mol. The second kappa shape index (κ2) is 17.9. The smallest absolute Gasteiger partial charge is 0.462 e. The summed E-state index contributed by atoms with van der Waals surface area (Å²) >= 11 is 2.55. The molecule has 2 rings (SSSR count). The molecule has 0 bridgehead atoms. The molecule has 0 radical (unpaired) electrons. The number of esters is 3. The van der Waals surface area contributed by atoms with Crippen LogP contribution in [0.3, 0.4) is 0 Å². The van der Waals surface area contributed by atoms with Gasteiger partial charge in [0.05, 0.1) is 26.1 Å². The highest BCUT2D eigenvalue weighted by atomic mass is 79.9. The Bertz CT molecular complexity index is 855. The largest absolute Gasteiger partial charge is 0.472 e. The van der Waals surface area contributed by atoms with Gasteiger partial charge in [0.2, 0.25) is 0 Å². The predicted octanol–water partition coefficient (Wildman–Crippen LogP) is 1.82. The quantitative estimate of drug-likeness (QED) is 0.0509. The van der Waals surface area contributed by atoms with E-state index in [-0.39, 0.29) is 19.4 Å². The molecule has 0 aliphatic heterocycles. The van der Waals surface area contributed by atoms with E-state index in [4.69, 9.17) is 28.0 Å². The van der Waals surface area contributed by atoms with Crippen LogP contribution >= 0.6 is 23.8 Å². The molecule has 39 heavy (non-hydrogen) atoms. The Balaban J connectivity index is 1.80. The molecule has 2 unspecified atom stereocenters. The van der Waals surface area contributed by atoms with E-state index in [1.54, 1.807) is 0 Å². The third kappa shape index (κ3) is 18.4. The fourth-order valence-corrected chi connectivity index (χ4v) is 4.15. The van der Waals surface area contributed by atoms with Crippen LogP contribution in [-0.4, -0.2) is 92.5 Å². The molecule has 3 N–H and O–H groups in total. The van der Waals surface area contributed by atoms with Crippen LogP contribution < -0.4 is 10.6 Å². The van der Waals surface area contributed by atoms with Gasteiger partial charge < -0.3 is 34.5 Å². The van der Waals surface area contributed by atoms with Crippen molar-refractivity contribution in [3.63, 3.8) is 0 Å². The van der Waals surface area contributed by atoms with Gasteiger partial charge in [-0.1, -0.05) is 0 Å². The Kier molecular flexibility index (Phi) is 15.5. The Morgan fingerprint density at radius 2 is 1.31 bits per heavy atom. The molecule has 2 aliphatic carbocycles. The molecular formula is C23H38BrN2O12P. The summed E-state index contributed by atoms with van der Waals surface area (Å²) in [5, 5.41) is 6.33. The molecule has 2 aliphatic rings. The number of phosphoric acid groups is 1. The molecule has 2 saturated carbocycles. The van der Waals surface area contributed by atoms with Gasteiger partial charge in [-0.25, -0.2) is 9.36 Å². The lowest BCUT2D eigenvalue weighted by Crippen LogP contribution is -2.32. The van der Waals surface area contributed by atoms with Crippen LogP contribution in [0.4, 0.5) is 4.79 Å². The summed E-state index contributed by atoms with van der Waals surface area (Å²) in [4.78, 5) is 55.7. The van der Waals surface area contributed by atoms with Gasteiger partial charge in [0, 0.05) is 35.9 Å². The molecule has 0 saturated heterocycles. The second-order valence-electron chi connectivity index (χ2n) is 9.43. The highest BCUT2D eigenvalue weighted by Gasteiger charge is 2.29. The van der Waals surface area contributed by atoms with Crippen LogP contribution in [0.15, 0.2) is 0 Å². The number of hydrogen-bond donors (Lipinski definition) is 3. The summed E-state index contributed by atoms with van der Waals surface area (Å²) in [6.07, 6.45) is 2.50. The van der Waals surface area contributed by atoms with Crippen molar-refractivity contribution >= 4 is 46.5 Å². The first-order chi connectivity index (χ1) is 18.5. The number of hydrogen-bond acceptors (Lipinski definition) is 13. The third-order valence-electron chi connectivity index (χ3n) is 5.58. The molecule has 14 nitrogen and oxygen atoms in total. The lowest BCUT2D eigenvalue weighted by molar-refractivity contribution is -0.161. The van der Waals surface area contributed by atoms with Crippen LogP contribution in [0.5, 0.6) is 0 Å². The first kappa shape index (κ1) is 33.6. The molecule has 2 fully saturated rings. The lowest BCUT2D eigenvalue weighted by Gasteiger charge is -2.21. The van der Waals surface area contributed by atoms with Gasteiger partial charge in [-0.15, -0.1) is 0 Å². The Morgan fingerprint density at radius 3 is 1.79 bits per heavy atom. The zero-order valence-corrected chi connectivity index (χ0v) is 24.5. The van der Waals surface area contributed by atoms with Crippen LogP contribution in [-0.2, 0) is 46.9 Å². The van der Waals surface area contributed by atoms with Gasteiger partial charge in [0.15, 0.2) is 12.2 Å². The average molecular weight is 645 g/mol. The molecule has 0 heterocycles. The summed E-state index contributed by atoms with van der Waals surface area (Å²) in [6.45, 7) is 1.57. The van der Waals surface area contributed by atoms with Crippen molar-refractivity contribution in [2.75, 3.05) is 52.6 Å². The number of nitrogens with one attached hydrogen (secondary N) is 2. The van der Waals surface area contributed by atoms with Crippen molar-refractivity contribution < 1.29 is 56.6 Å². The predicted molar refractivity (Wildman–Crippen MR) is 139 cm³/mol. The van der Waals surface area contributed by atoms with Crippen molar-refractivity contribution in [3.8, 4) is 0 Å². The summed E-state index contributed by atoms with van der Waals surface area (Å²) in [5.41, 5.74) is 0. The molecule has 224 valence electrons. The van der Waals surface area contributed by atoms with Crippen LogP contribution in [0, 0.1) is 11.8 Å².